The summed E-state index contributed by atoms with van der Waals surface area (Å²) in [7, 11) is 5.43. The summed E-state index contributed by atoms with van der Waals surface area (Å²) < 4.78 is 21.4. The summed E-state index contributed by atoms with van der Waals surface area (Å²) in [5.74, 6) is 3.19. The molecule has 1 aliphatic rings. The second kappa shape index (κ2) is 7.45. The van der Waals surface area contributed by atoms with E-state index in [9.17, 15) is 0 Å². The van der Waals surface area contributed by atoms with E-state index in [1.807, 2.05) is 18.2 Å². The van der Waals surface area contributed by atoms with E-state index in [0.717, 1.165) is 42.5 Å². The molecular formula is C19H23NO4. The fourth-order valence-electron chi connectivity index (χ4n) is 2.79. The normalized spacial score (nSPS) is 12.5. The van der Waals surface area contributed by atoms with Gasteiger partial charge in [0.15, 0.2) is 23.0 Å². The van der Waals surface area contributed by atoms with Gasteiger partial charge in [-0.2, -0.15) is 0 Å². The maximum atomic E-state index is 5.43. The lowest BCUT2D eigenvalue weighted by atomic mass is 10.1. The molecule has 1 heterocycles. The molecule has 0 saturated carbocycles. The molecule has 0 atom stereocenters. The smallest absolute Gasteiger partial charge is 0.231 e. The van der Waals surface area contributed by atoms with Crippen LogP contribution in [0, 0.1) is 0 Å². The summed E-state index contributed by atoms with van der Waals surface area (Å²) >= 11 is 0. The highest BCUT2D eigenvalue weighted by Crippen LogP contribution is 2.32. The van der Waals surface area contributed by atoms with Gasteiger partial charge in [0, 0.05) is 13.1 Å². The van der Waals surface area contributed by atoms with Crippen molar-refractivity contribution in [2.45, 2.75) is 13.0 Å². The first-order valence-corrected chi connectivity index (χ1v) is 7.97. The van der Waals surface area contributed by atoms with Crippen LogP contribution >= 0.6 is 0 Å². The molecule has 0 N–H and O–H groups in total. The number of rotatable bonds is 7. The molecule has 128 valence electrons. The number of ether oxygens (including phenoxy) is 4. The number of benzene rings is 2. The van der Waals surface area contributed by atoms with Crippen LogP contribution in [0.4, 0.5) is 0 Å². The molecule has 0 spiro atoms. The van der Waals surface area contributed by atoms with Crippen LogP contribution in [0.5, 0.6) is 23.0 Å². The van der Waals surface area contributed by atoms with E-state index in [2.05, 4.69) is 30.1 Å². The van der Waals surface area contributed by atoms with Gasteiger partial charge in [0.1, 0.15) is 0 Å². The summed E-state index contributed by atoms with van der Waals surface area (Å²) in [6.45, 7) is 2.13. The van der Waals surface area contributed by atoms with Crippen LogP contribution in [-0.2, 0) is 13.0 Å². The first kappa shape index (κ1) is 16.5. The van der Waals surface area contributed by atoms with Crippen LogP contribution < -0.4 is 18.9 Å². The number of methoxy groups -OCH3 is 2. The van der Waals surface area contributed by atoms with Crippen LogP contribution in [-0.4, -0.2) is 39.5 Å². The Bertz CT molecular complexity index is 702. The molecule has 0 fully saturated rings. The Kier molecular flexibility index (Phi) is 5.11. The van der Waals surface area contributed by atoms with Gasteiger partial charge in [-0.05, 0) is 48.9 Å². The lowest BCUT2D eigenvalue weighted by molar-refractivity contribution is 0.174. The zero-order valence-electron chi connectivity index (χ0n) is 14.4. The average Bonchev–Trinajstić information content (AvgIpc) is 3.07. The van der Waals surface area contributed by atoms with Gasteiger partial charge < -0.3 is 23.8 Å². The molecule has 0 radical (unpaired) electrons. The molecule has 0 saturated heterocycles. The second-order valence-corrected chi connectivity index (χ2v) is 5.86. The van der Waals surface area contributed by atoms with Gasteiger partial charge >= 0.3 is 0 Å². The van der Waals surface area contributed by atoms with Crippen LogP contribution in [0.15, 0.2) is 36.4 Å². The number of nitrogens with zero attached hydrogens (tertiary/aromatic N) is 1. The van der Waals surface area contributed by atoms with Crippen molar-refractivity contribution < 1.29 is 18.9 Å². The molecule has 0 aromatic heterocycles. The third kappa shape index (κ3) is 3.74. The third-order valence-electron chi connectivity index (χ3n) is 4.12. The first-order chi connectivity index (χ1) is 11.7. The zero-order chi connectivity index (χ0) is 16.9. The molecule has 3 rings (SSSR count). The molecule has 5 heteroatoms. The quantitative estimate of drug-likeness (QED) is 0.780. The number of likely N-dealkylation sites (N-methyl/N-ethyl adjacent to an activating group) is 1. The van der Waals surface area contributed by atoms with Crippen molar-refractivity contribution in [3.8, 4) is 23.0 Å². The molecular weight excluding hydrogens is 306 g/mol. The summed E-state index contributed by atoms with van der Waals surface area (Å²) in [6.07, 6.45) is 0.946. The van der Waals surface area contributed by atoms with Crippen molar-refractivity contribution >= 4 is 0 Å². The summed E-state index contributed by atoms with van der Waals surface area (Å²) in [6, 6.07) is 12.2. The molecule has 2 aromatic carbocycles. The van der Waals surface area contributed by atoms with Gasteiger partial charge in [0.2, 0.25) is 6.79 Å². The van der Waals surface area contributed by atoms with Crippen molar-refractivity contribution in [1.29, 1.82) is 0 Å². The fraction of sp³-hybridized carbons (Fsp3) is 0.368. The van der Waals surface area contributed by atoms with Crippen molar-refractivity contribution in [1.82, 2.24) is 4.90 Å². The first-order valence-electron chi connectivity index (χ1n) is 7.97. The molecule has 1 aliphatic heterocycles. The van der Waals surface area contributed by atoms with Gasteiger partial charge in [0.25, 0.3) is 0 Å². The Labute approximate surface area is 142 Å². The highest BCUT2D eigenvalue weighted by molar-refractivity contribution is 5.44. The van der Waals surface area contributed by atoms with E-state index >= 15 is 0 Å². The Morgan fingerprint density at radius 2 is 1.67 bits per heavy atom. The fourth-order valence-corrected chi connectivity index (χ4v) is 2.79. The predicted octanol–water partition coefficient (Wildman–Crippen LogP) is 3.11. The SMILES string of the molecule is COc1ccc(CCN(C)Cc2ccc3c(c2)OCO3)cc1OC. The van der Waals surface area contributed by atoms with E-state index in [0.29, 0.717) is 6.79 Å². The van der Waals surface area contributed by atoms with Crippen molar-refractivity contribution in [3.05, 3.63) is 47.5 Å². The standard InChI is InChI=1S/C19H23NO4/c1-20(12-15-5-7-17-19(11-15)24-13-23-17)9-8-14-4-6-16(21-2)18(10-14)22-3/h4-7,10-11H,8-9,12-13H2,1-3H3. The molecule has 0 bridgehead atoms. The molecule has 0 unspecified atom stereocenters. The maximum Gasteiger partial charge on any atom is 0.231 e. The van der Waals surface area contributed by atoms with Crippen molar-refractivity contribution in [2.75, 3.05) is 34.6 Å². The molecule has 5 nitrogen and oxygen atoms in total. The van der Waals surface area contributed by atoms with Crippen molar-refractivity contribution in [3.63, 3.8) is 0 Å². The molecule has 24 heavy (non-hydrogen) atoms. The monoisotopic (exact) mass is 329 g/mol. The van der Waals surface area contributed by atoms with Crippen molar-refractivity contribution in [2.24, 2.45) is 0 Å². The van der Waals surface area contributed by atoms with Gasteiger partial charge in [-0.3, -0.25) is 0 Å². The maximum absolute atomic E-state index is 5.43. The Morgan fingerprint density at radius 3 is 2.46 bits per heavy atom. The number of hydrogen-bond donors (Lipinski definition) is 0. The van der Waals surface area contributed by atoms with E-state index in [4.69, 9.17) is 18.9 Å². The summed E-state index contributed by atoms with van der Waals surface area (Å²) in [4.78, 5) is 2.29. The molecule has 0 aliphatic carbocycles. The van der Waals surface area contributed by atoms with E-state index in [1.165, 1.54) is 11.1 Å². The summed E-state index contributed by atoms with van der Waals surface area (Å²) in [5, 5.41) is 0. The van der Waals surface area contributed by atoms with Crippen LogP contribution in [0.2, 0.25) is 0 Å². The minimum absolute atomic E-state index is 0.313. The Balaban J connectivity index is 1.56. The predicted molar refractivity (Wildman–Crippen MR) is 92.1 cm³/mol. The zero-order valence-corrected chi connectivity index (χ0v) is 14.4. The highest BCUT2D eigenvalue weighted by Gasteiger charge is 2.14. The number of fused-ring (bicyclic) bond motifs is 1. The second-order valence-electron chi connectivity index (χ2n) is 5.86. The molecule has 2 aromatic rings. The Hall–Kier alpha value is -2.40. The lowest BCUT2D eigenvalue weighted by Crippen LogP contribution is -2.20. The van der Waals surface area contributed by atoms with Crippen LogP contribution in [0.1, 0.15) is 11.1 Å². The Morgan fingerprint density at radius 1 is 0.917 bits per heavy atom. The average molecular weight is 329 g/mol. The van der Waals surface area contributed by atoms with E-state index in [-0.39, 0.29) is 0 Å². The molecule has 0 amide bonds. The highest BCUT2D eigenvalue weighted by atomic mass is 16.7. The lowest BCUT2D eigenvalue weighted by Gasteiger charge is -2.17. The van der Waals surface area contributed by atoms with Crippen LogP contribution in [0.3, 0.4) is 0 Å². The number of hydrogen-bond acceptors (Lipinski definition) is 5. The topological polar surface area (TPSA) is 40.2 Å². The minimum atomic E-state index is 0.313. The van der Waals surface area contributed by atoms with Crippen LogP contribution in [0.25, 0.3) is 0 Å². The van der Waals surface area contributed by atoms with Gasteiger partial charge in [-0.25, -0.2) is 0 Å². The van der Waals surface area contributed by atoms with Gasteiger partial charge in [-0.15, -0.1) is 0 Å². The van der Waals surface area contributed by atoms with E-state index in [1.54, 1.807) is 14.2 Å². The van der Waals surface area contributed by atoms with Gasteiger partial charge in [-0.1, -0.05) is 12.1 Å². The summed E-state index contributed by atoms with van der Waals surface area (Å²) in [5.41, 5.74) is 2.44. The third-order valence-corrected chi connectivity index (χ3v) is 4.12. The minimum Gasteiger partial charge on any atom is -0.493 e. The largest absolute Gasteiger partial charge is 0.493 e. The van der Waals surface area contributed by atoms with E-state index < -0.39 is 0 Å². The van der Waals surface area contributed by atoms with Gasteiger partial charge in [0.05, 0.1) is 14.2 Å².